The summed E-state index contributed by atoms with van der Waals surface area (Å²) in [5, 5.41) is 3.79. The van der Waals surface area contributed by atoms with Crippen LogP contribution in [0.4, 0.5) is 13.2 Å². The molecule has 0 N–H and O–H groups in total. The van der Waals surface area contributed by atoms with Gasteiger partial charge in [-0.3, -0.25) is 0 Å². The fourth-order valence-corrected chi connectivity index (χ4v) is 1.47. The third-order valence-corrected chi connectivity index (χ3v) is 2.53. The van der Waals surface area contributed by atoms with E-state index in [0.29, 0.717) is 5.82 Å². The Labute approximate surface area is 108 Å². The molecule has 1 heterocycles. The second-order valence-electron chi connectivity index (χ2n) is 5.25. The molecule has 6 heteroatoms. The van der Waals surface area contributed by atoms with E-state index >= 15 is 0 Å². The van der Waals surface area contributed by atoms with Crippen molar-refractivity contribution in [3.8, 4) is 11.5 Å². The Balaban J connectivity index is 2.40. The van der Waals surface area contributed by atoms with Crippen LogP contribution in [0, 0.1) is 0 Å². The molecule has 3 nitrogen and oxygen atoms in total. The summed E-state index contributed by atoms with van der Waals surface area (Å²) in [6.45, 7) is 5.69. The first kappa shape index (κ1) is 13.6. The highest BCUT2D eigenvalue weighted by Crippen LogP contribution is 2.32. The van der Waals surface area contributed by atoms with E-state index in [1.807, 2.05) is 20.8 Å². The van der Waals surface area contributed by atoms with E-state index in [2.05, 4.69) is 10.1 Å². The van der Waals surface area contributed by atoms with E-state index in [9.17, 15) is 13.2 Å². The first-order chi connectivity index (χ1) is 8.68. The molecule has 1 aromatic carbocycles. The SMILES string of the molecule is CC(C)(C)c1noc(-c2cccc(C(F)(F)F)c2)n1. The van der Waals surface area contributed by atoms with Gasteiger partial charge in [0.05, 0.1) is 5.56 Å². The summed E-state index contributed by atoms with van der Waals surface area (Å²) in [5.41, 5.74) is -0.790. The number of aromatic nitrogens is 2. The van der Waals surface area contributed by atoms with Gasteiger partial charge in [-0.15, -0.1) is 0 Å². The molecule has 0 bridgehead atoms. The first-order valence-electron chi connectivity index (χ1n) is 5.70. The average molecular weight is 270 g/mol. The van der Waals surface area contributed by atoms with Crippen molar-refractivity contribution < 1.29 is 17.7 Å². The third-order valence-electron chi connectivity index (χ3n) is 2.53. The van der Waals surface area contributed by atoms with Crippen molar-refractivity contribution in [2.24, 2.45) is 0 Å². The Morgan fingerprint density at radius 1 is 1.11 bits per heavy atom. The zero-order valence-corrected chi connectivity index (χ0v) is 10.7. The van der Waals surface area contributed by atoms with Crippen LogP contribution in [0.15, 0.2) is 28.8 Å². The van der Waals surface area contributed by atoms with Gasteiger partial charge in [0, 0.05) is 11.0 Å². The molecular formula is C13H13F3N2O. The summed E-state index contributed by atoms with van der Waals surface area (Å²) in [5.74, 6) is 0.552. The van der Waals surface area contributed by atoms with Gasteiger partial charge in [0.15, 0.2) is 5.82 Å². The van der Waals surface area contributed by atoms with E-state index in [1.54, 1.807) is 0 Å². The number of rotatable bonds is 1. The Hall–Kier alpha value is -1.85. The molecule has 0 aliphatic carbocycles. The molecule has 0 saturated carbocycles. The highest BCUT2D eigenvalue weighted by atomic mass is 19.4. The van der Waals surface area contributed by atoms with Gasteiger partial charge in [-0.05, 0) is 18.2 Å². The lowest BCUT2D eigenvalue weighted by Crippen LogP contribution is -2.13. The fourth-order valence-electron chi connectivity index (χ4n) is 1.47. The summed E-state index contributed by atoms with van der Waals surface area (Å²) >= 11 is 0. The zero-order chi connectivity index (χ0) is 14.3. The van der Waals surface area contributed by atoms with Gasteiger partial charge in [-0.2, -0.15) is 18.2 Å². The van der Waals surface area contributed by atoms with E-state index < -0.39 is 11.7 Å². The van der Waals surface area contributed by atoms with Crippen LogP contribution < -0.4 is 0 Å². The molecule has 0 aliphatic rings. The molecule has 0 spiro atoms. The Morgan fingerprint density at radius 3 is 2.32 bits per heavy atom. The van der Waals surface area contributed by atoms with Gasteiger partial charge < -0.3 is 4.52 Å². The van der Waals surface area contributed by atoms with Crippen molar-refractivity contribution in [1.82, 2.24) is 10.1 Å². The van der Waals surface area contributed by atoms with E-state index in [1.165, 1.54) is 12.1 Å². The monoisotopic (exact) mass is 270 g/mol. The number of hydrogen-bond acceptors (Lipinski definition) is 3. The zero-order valence-electron chi connectivity index (χ0n) is 10.7. The minimum absolute atomic E-state index is 0.0935. The lowest BCUT2D eigenvalue weighted by molar-refractivity contribution is -0.137. The van der Waals surface area contributed by atoms with Crippen molar-refractivity contribution >= 4 is 0 Å². The topological polar surface area (TPSA) is 38.9 Å². The van der Waals surface area contributed by atoms with Crippen molar-refractivity contribution in [2.75, 3.05) is 0 Å². The summed E-state index contributed by atoms with van der Waals surface area (Å²) in [6.07, 6.45) is -4.39. The second kappa shape index (κ2) is 4.36. The highest BCUT2D eigenvalue weighted by molar-refractivity contribution is 5.54. The minimum atomic E-state index is -4.39. The molecule has 2 aromatic rings. The average Bonchev–Trinajstić information content (AvgIpc) is 2.77. The van der Waals surface area contributed by atoms with Crippen LogP contribution in [-0.2, 0) is 11.6 Å². The van der Waals surface area contributed by atoms with Crippen LogP contribution in [0.2, 0.25) is 0 Å². The van der Waals surface area contributed by atoms with Gasteiger partial charge >= 0.3 is 6.18 Å². The van der Waals surface area contributed by atoms with Gasteiger partial charge in [0.2, 0.25) is 0 Å². The van der Waals surface area contributed by atoms with Crippen LogP contribution in [-0.4, -0.2) is 10.1 Å². The molecule has 0 aliphatic heterocycles. The maximum absolute atomic E-state index is 12.6. The van der Waals surface area contributed by atoms with Crippen molar-refractivity contribution in [2.45, 2.75) is 32.4 Å². The molecule has 0 amide bonds. The third kappa shape index (κ3) is 2.94. The Kier molecular flexibility index (Phi) is 3.12. The van der Waals surface area contributed by atoms with Crippen molar-refractivity contribution in [3.63, 3.8) is 0 Å². The maximum Gasteiger partial charge on any atom is 0.416 e. The molecule has 0 fully saturated rings. The number of alkyl halides is 3. The first-order valence-corrected chi connectivity index (χ1v) is 5.70. The van der Waals surface area contributed by atoms with Crippen LogP contribution in [0.25, 0.3) is 11.5 Å². The van der Waals surface area contributed by atoms with Crippen LogP contribution in [0.3, 0.4) is 0 Å². The van der Waals surface area contributed by atoms with Crippen LogP contribution in [0.5, 0.6) is 0 Å². The molecule has 0 atom stereocenters. The lowest BCUT2D eigenvalue weighted by atomic mass is 9.96. The normalized spacial score (nSPS) is 12.7. The Bertz CT molecular complexity index is 582. The highest BCUT2D eigenvalue weighted by Gasteiger charge is 2.31. The predicted octanol–water partition coefficient (Wildman–Crippen LogP) is 4.05. The molecule has 0 unspecified atom stereocenters. The molecule has 19 heavy (non-hydrogen) atoms. The molecular weight excluding hydrogens is 257 g/mol. The molecule has 0 radical (unpaired) electrons. The second-order valence-corrected chi connectivity index (χ2v) is 5.25. The van der Waals surface area contributed by atoms with Crippen LogP contribution in [0.1, 0.15) is 32.2 Å². The largest absolute Gasteiger partial charge is 0.416 e. The van der Waals surface area contributed by atoms with Crippen molar-refractivity contribution in [1.29, 1.82) is 0 Å². The number of halogens is 3. The summed E-state index contributed by atoms with van der Waals surface area (Å²) in [6, 6.07) is 4.83. The summed E-state index contributed by atoms with van der Waals surface area (Å²) in [7, 11) is 0. The van der Waals surface area contributed by atoms with E-state index in [-0.39, 0.29) is 16.9 Å². The van der Waals surface area contributed by atoms with Crippen LogP contribution >= 0.6 is 0 Å². The van der Waals surface area contributed by atoms with E-state index in [0.717, 1.165) is 12.1 Å². The molecule has 2 rings (SSSR count). The summed E-state index contributed by atoms with van der Waals surface area (Å²) in [4.78, 5) is 4.13. The summed E-state index contributed by atoms with van der Waals surface area (Å²) < 4.78 is 42.9. The molecule has 0 saturated heterocycles. The van der Waals surface area contributed by atoms with Gasteiger partial charge in [-0.1, -0.05) is 32.0 Å². The van der Waals surface area contributed by atoms with E-state index in [4.69, 9.17) is 4.52 Å². The fraction of sp³-hybridized carbons (Fsp3) is 0.385. The maximum atomic E-state index is 12.6. The molecule has 1 aromatic heterocycles. The predicted molar refractivity (Wildman–Crippen MR) is 63.4 cm³/mol. The van der Waals surface area contributed by atoms with Gasteiger partial charge in [-0.25, -0.2) is 0 Å². The Morgan fingerprint density at radius 2 is 1.79 bits per heavy atom. The van der Waals surface area contributed by atoms with Crippen molar-refractivity contribution in [3.05, 3.63) is 35.7 Å². The standard InChI is InChI=1S/C13H13F3N2O/c1-12(2,3)11-17-10(19-18-11)8-5-4-6-9(7-8)13(14,15)16/h4-7H,1-3H3. The number of benzene rings is 1. The minimum Gasteiger partial charge on any atom is -0.334 e. The van der Waals surface area contributed by atoms with Gasteiger partial charge in [0.1, 0.15) is 0 Å². The number of nitrogens with zero attached hydrogens (tertiary/aromatic N) is 2. The van der Waals surface area contributed by atoms with Gasteiger partial charge in [0.25, 0.3) is 5.89 Å². The smallest absolute Gasteiger partial charge is 0.334 e. The molecule has 102 valence electrons. The quantitative estimate of drug-likeness (QED) is 0.784. The lowest BCUT2D eigenvalue weighted by Gasteiger charge is -2.10. The number of hydrogen-bond donors (Lipinski definition) is 0.